The van der Waals surface area contributed by atoms with E-state index in [-0.39, 0.29) is 35.7 Å². The largest absolute Gasteiger partial charge is 0.465 e. The number of unbranched alkanes of at least 4 members (excludes halogenated alkanes) is 2. The number of ether oxygens (including phenoxy) is 1. The Balaban J connectivity index is 1.95. The van der Waals surface area contributed by atoms with E-state index in [1.54, 1.807) is 22.7 Å². The number of hydrogen-bond acceptors (Lipinski definition) is 6. The first kappa shape index (κ1) is 28.8. The molecule has 0 aromatic rings. The van der Waals surface area contributed by atoms with Crippen LogP contribution in [0.3, 0.4) is 0 Å². The standard InChI is InChI=1S/C28H44N2O5S/c1-6-10-11-12-17-35-27(34)22-21-14-15-28(36-21)23(22)25(32)30(20(9-4)18-31)24(28)26(33)29(16-8-3)19(5)13-7-2/h6,8,19-24,31H,1,3,7,9-18H2,2,4-5H3/t19?,20-,21+,22-,23-,24?,28?/m0/s1. The predicted octanol–water partition coefficient (Wildman–Crippen LogP) is 3.95. The van der Waals surface area contributed by atoms with E-state index >= 15 is 0 Å². The Hall–Kier alpha value is -1.80. The molecule has 0 radical (unpaired) electrons. The minimum atomic E-state index is -0.702. The molecule has 2 bridgehead atoms. The van der Waals surface area contributed by atoms with Gasteiger partial charge >= 0.3 is 5.97 Å². The second kappa shape index (κ2) is 12.6. The molecule has 0 aromatic carbocycles. The summed E-state index contributed by atoms with van der Waals surface area (Å²) in [7, 11) is 0. The third-order valence-electron chi connectivity index (χ3n) is 8.21. The lowest BCUT2D eigenvalue weighted by atomic mass is 9.71. The summed E-state index contributed by atoms with van der Waals surface area (Å²) >= 11 is 1.64. The van der Waals surface area contributed by atoms with E-state index in [1.807, 2.05) is 24.8 Å². The summed E-state index contributed by atoms with van der Waals surface area (Å²) in [4.78, 5) is 45.1. The van der Waals surface area contributed by atoms with E-state index in [1.165, 1.54) is 0 Å². The van der Waals surface area contributed by atoms with Gasteiger partial charge in [0.15, 0.2) is 0 Å². The summed E-state index contributed by atoms with van der Waals surface area (Å²) in [6.45, 7) is 14.1. The van der Waals surface area contributed by atoms with Crippen molar-refractivity contribution in [3.8, 4) is 0 Å². The lowest BCUT2D eigenvalue weighted by Crippen LogP contribution is -2.58. The molecule has 3 unspecified atom stereocenters. The van der Waals surface area contributed by atoms with Crippen LogP contribution in [-0.4, -0.2) is 80.6 Å². The molecule has 3 heterocycles. The quantitative estimate of drug-likeness (QED) is 0.200. The first-order valence-corrected chi connectivity index (χ1v) is 14.5. The normalized spacial score (nSPS) is 30.1. The van der Waals surface area contributed by atoms with E-state index in [4.69, 9.17) is 4.74 Å². The number of allylic oxidation sites excluding steroid dienone is 1. The van der Waals surface area contributed by atoms with Crippen molar-refractivity contribution in [2.45, 2.75) is 100 Å². The van der Waals surface area contributed by atoms with Gasteiger partial charge in [-0.25, -0.2) is 0 Å². The van der Waals surface area contributed by atoms with Crippen LogP contribution < -0.4 is 0 Å². The molecule has 202 valence electrons. The Labute approximate surface area is 220 Å². The molecule has 7 nitrogen and oxygen atoms in total. The molecule has 3 saturated heterocycles. The van der Waals surface area contributed by atoms with Gasteiger partial charge in [-0.15, -0.1) is 24.9 Å². The monoisotopic (exact) mass is 520 g/mol. The minimum Gasteiger partial charge on any atom is -0.465 e. The highest BCUT2D eigenvalue weighted by Crippen LogP contribution is 2.67. The number of carbonyl (C=O) groups excluding carboxylic acids is 3. The fourth-order valence-electron chi connectivity index (χ4n) is 6.46. The van der Waals surface area contributed by atoms with Gasteiger partial charge in [-0.2, -0.15) is 0 Å². The zero-order valence-corrected chi connectivity index (χ0v) is 23.0. The highest BCUT2D eigenvalue weighted by atomic mass is 32.2. The number of aliphatic hydroxyl groups excluding tert-OH is 1. The van der Waals surface area contributed by atoms with E-state index in [0.717, 1.165) is 38.5 Å². The Bertz CT molecular complexity index is 831. The van der Waals surface area contributed by atoms with Gasteiger partial charge in [-0.05, 0) is 51.9 Å². The van der Waals surface area contributed by atoms with E-state index in [2.05, 4.69) is 20.1 Å². The number of rotatable bonds is 15. The summed E-state index contributed by atoms with van der Waals surface area (Å²) < 4.78 is 5.00. The SMILES string of the molecule is C=CCCCCOC(=O)[C@@H]1[C@H]2C(=O)N([C@@H](CC)CO)C(C(=O)N(CC=C)C(C)CCC)C23CC[C@H]1S3. The molecule has 0 aromatic heterocycles. The van der Waals surface area contributed by atoms with Crippen LogP contribution >= 0.6 is 11.8 Å². The molecule has 3 aliphatic rings. The van der Waals surface area contributed by atoms with Gasteiger partial charge in [0.25, 0.3) is 0 Å². The van der Waals surface area contributed by atoms with Crippen LogP contribution in [0.4, 0.5) is 0 Å². The van der Waals surface area contributed by atoms with Gasteiger partial charge in [0, 0.05) is 17.8 Å². The molecule has 3 fully saturated rings. The number of esters is 1. The molecule has 8 heteroatoms. The first-order chi connectivity index (χ1) is 17.3. The van der Waals surface area contributed by atoms with Crippen molar-refractivity contribution < 1.29 is 24.2 Å². The number of thioether (sulfide) groups is 1. The molecule has 7 atom stereocenters. The molecule has 3 aliphatic heterocycles. The third-order valence-corrected chi connectivity index (χ3v) is 10.2. The van der Waals surface area contributed by atoms with Crippen molar-refractivity contribution in [1.29, 1.82) is 0 Å². The molecule has 36 heavy (non-hydrogen) atoms. The Morgan fingerprint density at radius 1 is 1.31 bits per heavy atom. The van der Waals surface area contributed by atoms with Crippen LogP contribution in [0.2, 0.25) is 0 Å². The lowest BCUT2D eigenvalue weighted by Gasteiger charge is -2.41. The van der Waals surface area contributed by atoms with Gasteiger partial charge in [0.2, 0.25) is 11.8 Å². The summed E-state index contributed by atoms with van der Waals surface area (Å²) in [5.41, 5.74) is 0. The summed E-state index contributed by atoms with van der Waals surface area (Å²) in [6, 6.07) is -1.16. The maximum absolute atomic E-state index is 14.3. The van der Waals surface area contributed by atoms with Crippen molar-refractivity contribution in [2.75, 3.05) is 19.8 Å². The van der Waals surface area contributed by atoms with Crippen molar-refractivity contribution in [2.24, 2.45) is 11.8 Å². The Morgan fingerprint density at radius 2 is 2.06 bits per heavy atom. The number of likely N-dealkylation sites (tertiary alicyclic amines) is 1. The fourth-order valence-corrected chi connectivity index (χ4v) is 8.65. The minimum absolute atomic E-state index is 0.00189. The Morgan fingerprint density at radius 3 is 2.67 bits per heavy atom. The molecule has 3 rings (SSSR count). The number of fused-ring (bicyclic) bond motifs is 1. The third kappa shape index (κ3) is 5.13. The summed E-state index contributed by atoms with van der Waals surface area (Å²) in [5, 5.41) is 10.2. The zero-order chi connectivity index (χ0) is 26.5. The molecular weight excluding hydrogens is 476 g/mol. The van der Waals surface area contributed by atoms with Crippen molar-refractivity contribution in [3.05, 3.63) is 25.3 Å². The van der Waals surface area contributed by atoms with Crippen molar-refractivity contribution in [3.63, 3.8) is 0 Å². The lowest BCUT2D eigenvalue weighted by molar-refractivity contribution is -0.154. The van der Waals surface area contributed by atoms with Crippen LogP contribution in [0.1, 0.15) is 72.1 Å². The van der Waals surface area contributed by atoms with Gasteiger partial charge < -0.3 is 19.6 Å². The van der Waals surface area contributed by atoms with Crippen molar-refractivity contribution >= 4 is 29.5 Å². The van der Waals surface area contributed by atoms with Gasteiger partial charge in [-0.3, -0.25) is 14.4 Å². The summed E-state index contributed by atoms with van der Waals surface area (Å²) in [5.74, 6) is -1.74. The van der Waals surface area contributed by atoms with E-state index < -0.39 is 28.7 Å². The number of nitrogens with zero attached hydrogens (tertiary/aromatic N) is 2. The average Bonchev–Trinajstić information content (AvgIpc) is 3.50. The fraction of sp³-hybridized carbons (Fsp3) is 0.750. The molecule has 0 aliphatic carbocycles. The second-order valence-electron chi connectivity index (χ2n) is 10.4. The second-order valence-corrected chi connectivity index (χ2v) is 12.0. The number of carbonyl (C=O) groups is 3. The zero-order valence-electron chi connectivity index (χ0n) is 22.2. The average molecular weight is 521 g/mol. The van der Waals surface area contributed by atoms with E-state index in [0.29, 0.717) is 26.0 Å². The van der Waals surface area contributed by atoms with Crippen LogP contribution in [0, 0.1) is 11.8 Å². The highest BCUT2D eigenvalue weighted by molar-refractivity contribution is 8.02. The number of amides is 2. The molecular formula is C28H44N2O5S. The van der Waals surface area contributed by atoms with Crippen LogP contribution in [0.25, 0.3) is 0 Å². The molecule has 1 spiro atoms. The Kier molecular flexibility index (Phi) is 10.1. The van der Waals surface area contributed by atoms with Gasteiger partial charge in [0.1, 0.15) is 6.04 Å². The topological polar surface area (TPSA) is 87.1 Å². The number of aliphatic hydroxyl groups is 1. The molecule has 1 N–H and O–H groups in total. The first-order valence-electron chi connectivity index (χ1n) is 13.6. The molecule has 0 saturated carbocycles. The van der Waals surface area contributed by atoms with E-state index in [9.17, 15) is 19.5 Å². The molecule has 2 amide bonds. The van der Waals surface area contributed by atoms with Crippen molar-refractivity contribution in [1.82, 2.24) is 9.80 Å². The maximum atomic E-state index is 14.3. The van der Waals surface area contributed by atoms with Crippen LogP contribution in [-0.2, 0) is 19.1 Å². The smallest absolute Gasteiger partial charge is 0.310 e. The van der Waals surface area contributed by atoms with Crippen LogP contribution in [0.5, 0.6) is 0 Å². The number of hydrogen-bond donors (Lipinski definition) is 1. The summed E-state index contributed by atoms with van der Waals surface area (Å²) in [6.07, 6.45) is 9.93. The van der Waals surface area contributed by atoms with Gasteiger partial charge in [-0.1, -0.05) is 32.4 Å². The van der Waals surface area contributed by atoms with Crippen LogP contribution in [0.15, 0.2) is 25.3 Å². The van der Waals surface area contributed by atoms with Gasteiger partial charge in [0.05, 0.1) is 35.8 Å². The highest BCUT2D eigenvalue weighted by Gasteiger charge is 2.74. The predicted molar refractivity (Wildman–Crippen MR) is 143 cm³/mol. The maximum Gasteiger partial charge on any atom is 0.310 e.